The molecule has 0 bridgehead atoms. The number of rotatable bonds is 6. The highest BCUT2D eigenvalue weighted by Gasteiger charge is 2.19. The monoisotopic (exact) mass is 259 g/mol. The second kappa shape index (κ2) is 6.79. The second-order valence-corrected chi connectivity index (χ2v) is 5.15. The standard InChI is InChI=1S/C15H21N3O/c1-4-9-17-13-8-6-5-7-12(13)14(19)18-11-15(2,3)10-16/h5-8,17H,4,9,11H2,1-3H3,(H,18,19). The van der Waals surface area contributed by atoms with Crippen molar-refractivity contribution in [2.75, 3.05) is 18.4 Å². The molecule has 1 aromatic rings. The van der Waals surface area contributed by atoms with Crippen molar-refractivity contribution >= 4 is 11.6 Å². The molecule has 0 unspecified atom stereocenters. The first-order valence-corrected chi connectivity index (χ1v) is 6.52. The lowest BCUT2D eigenvalue weighted by atomic mass is 9.96. The van der Waals surface area contributed by atoms with E-state index in [0.717, 1.165) is 18.7 Å². The molecule has 0 aromatic heterocycles. The minimum Gasteiger partial charge on any atom is -0.384 e. The lowest BCUT2D eigenvalue weighted by Crippen LogP contribution is -2.33. The van der Waals surface area contributed by atoms with Crippen molar-refractivity contribution in [3.8, 4) is 6.07 Å². The van der Waals surface area contributed by atoms with Gasteiger partial charge in [0, 0.05) is 18.8 Å². The Balaban J connectivity index is 2.74. The maximum absolute atomic E-state index is 12.1. The van der Waals surface area contributed by atoms with Crippen LogP contribution in [0.3, 0.4) is 0 Å². The van der Waals surface area contributed by atoms with Crippen LogP contribution in [0.4, 0.5) is 5.69 Å². The van der Waals surface area contributed by atoms with E-state index in [4.69, 9.17) is 5.26 Å². The van der Waals surface area contributed by atoms with E-state index in [1.807, 2.05) is 18.2 Å². The van der Waals surface area contributed by atoms with Gasteiger partial charge in [0.2, 0.25) is 0 Å². The molecule has 4 nitrogen and oxygen atoms in total. The van der Waals surface area contributed by atoms with Crippen molar-refractivity contribution in [2.24, 2.45) is 5.41 Å². The number of carbonyl (C=O) groups is 1. The van der Waals surface area contributed by atoms with Crippen molar-refractivity contribution in [3.63, 3.8) is 0 Å². The molecule has 4 heteroatoms. The second-order valence-electron chi connectivity index (χ2n) is 5.15. The van der Waals surface area contributed by atoms with Crippen LogP contribution >= 0.6 is 0 Å². The Morgan fingerprint density at radius 1 is 1.37 bits per heavy atom. The van der Waals surface area contributed by atoms with Crippen LogP contribution in [-0.2, 0) is 0 Å². The van der Waals surface area contributed by atoms with E-state index in [1.54, 1.807) is 19.9 Å². The van der Waals surface area contributed by atoms with E-state index in [1.165, 1.54) is 0 Å². The number of nitriles is 1. The molecule has 19 heavy (non-hydrogen) atoms. The predicted molar refractivity (Wildman–Crippen MR) is 76.9 cm³/mol. The first-order chi connectivity index (χ1) is 9.00. The summed E-state index contributed by atoms with van der Waals surface area (Å²) >= 11 is 0. The summed E-state index contributed by atoms with van der Waals surface area (Å²) in [4.78, 5) is 12.1. The molecule has 2 N–H and O–H groups in total. The summed E-state index contributed by atoms with van der Waals surface area (Å²) in [6, 6.07) is 9.57. The molecule has 0 saturated carbocycles. The zero-order valence-electron chi connectivity index (χ0n) is 11.8. The summed E-state index contributed by atoms with van der Waals surface area (Å²) in [7, 11) is 0. The van der Waals surface area contributed by atoms with E-state index >= 15 is 0 Å². The SMILES string of the molecule is CCCNc1ccccc1C(=O)NCC(C)(C)C#N. The van der Waals surface area contributed by atoms with Crippen LogP contribution in [0.2, 0.25) is 0 Å². The molecule has 0 aliphatic rings. The fourth-order valence-electron chi connectivity index (χ4n) is 1.53. The Morgan fingerprint density at radius 3 is 2.68 bits per heavy atom. The summed E-state index contributed by atoms with van der Waals surface area (Å²) < 4.78 is 0. The van der Waals surface area contributed by atoms with Crippen LogP contribution in [0.25, 0.3) is 0 Å². The van der Waals surface area contributed by atoms with Gasteiger partial charge in [-0.05, 0) is 32.4 Å². The smallest absolute Gasteiger partial charge is 0.253 e. The van der Waals surface area contributed by atoms with Crippen molar-refractivity contribution < 1.29 is 4.79 Å². The van der Waals surface area contributed by atoms with Crippen molar-refractivity contribution in [2.45, 2.75) is 27.2 Å². The molecule has 0 radical (unpaired) electrons. The van der Waals surface area contributed by atoms with Gasteiger partial charge in [0.1, 0.15) is 0 Å². The number of carbonyl (C=O) groups excluding carboxylic acids is 1. The lowest BCUT2D eigenvalue weighted by Gasteiger charge is -2.17. The van der Waals surface area contributed by atoms with Gasteiger partial charge in [-0.1, -0.05) is 19.1 Å². The lowest BCUT2D eigenvalue weighted by molar-refractivity contribution is 0.0944. The topological polar surface area (TPSA) is 64.9 Å². The van der Waals surface area contributed by atoms with Crippen LogP contribution in [-0.4, -0.2) is 19.0 Å². The molecule has 0 fully saturated rings. The number of nitrogens with one attached hydrogen (secondary N) is 2. The normalized spacial score (nSPS) is 10.6. The average Bonchev–Trinajstić information content (AvgIpc) is 2.43. The molecule has 1 aromatic carbocycles. The molecule has 0 atom stereocenters. The predicted octanol–water partition coefficient (Wildman–Crippen LogP) is 2.79. The van der Waals surface area contributed by atoms with Crippen molar-refractivity contribution in [1.29, 1.82) is 5.26 Å². The molecule has 0 aliphatic heterocycles. The minimum absolute atomic E-state index is 0.150. The largest absolute Gasteiger partial charge is 0.384 e. The summed E-state index contributed by atoms with van der Waals surface area (Å²) in [5, 5.41) is 15.0. The number of benzene rings is 1. The molecule has 0 heterocycles. The van der Waals surface area contributed by atoms with Gasteiger partial charge in [0.15, 0.2) is 0 Å². The third kappa shape index (κ3) is 4.63. The van der Waals surface area contributed by atoms with Gasteiger partial charge in [-0.3, -0.25) is 4.79 Å². The number of hydrogen-bond acceptors (Lipinski definition) is 3. The van der Waals surface area contributed by atoms with Crippen molar-refractivity contribution in [1.82, 2.24) is 5.32 Å². The van der Waals surface area contributed by atoms with Crippen LogP contribution in [0.5, 0.6) is 0 Å². The van der Waals surface area contributed by atoms with Crippen LogP contribution < -0.4 is 10.6 Å². The fourth-order valence-corrected chi connectivity index (χ4v) is 1.53. The fraction of sp³-hybridized carbons (Fsp3) is 0.467. The minimum atomic E-state index is -0.554. The molecular formula is C15H21N3O. The Morgan fingerprint density at radius 2 is 2.05 bits per heavy atom. The Kier molecular flexibility index (Phi) is 5.37. The Bertz CT molecular complexity index is 475. The van der Waals surface area contributed by atoms with E-state index in [0.29, 0.717) is 12.1 Å². The number of hydrogen-bond donors (Lipinski definition) is 2. The summed E-state index contributed by atoms with van der Waals surface area (Å²) in [5.41, 5.74) is 0.892. The number of anilines is 1. The Hall–Kier alpha value is -2.02. The van der Waals surface area contributed by atoms with Gasteiger partial charge in [0.25, 0.3) is 5.91 Å². The molecule has 0 aliphatic carbocycles. The van der Waals surface area contributed by atoms with Gasteiger partial charge in [-0.25, -0.2) is 0 Å². The maximum atomic E-state index is 12.1. The summed E-state index contributed by atoms with van der Waals surface area (Å²) in [6.07, 6.45) is 0.997. The van der Waals surface area contributed by atoms with Gasteiger partial charge in [-0.2, -0.15) is 5.26 Å². The molecule has 0 saturated heterocycles. The quantitative estimate of drug-likeness (QED) is 0.825. The molecule has 102 valence electrons. The van der Waals surface area contributed by atoms with Gasteiger partial charge < -0.3 is 10.6 Å². The highest BCUT2D eigenvalue weighted by molar-refractivity contribution is 5.99. The third-order valence-electron chi connectivity index (χ3n) is 2.73. The zero-order chi connectivity index (χ0) is 14.3. The number of para-hydroxylation sites is 1. The number of nitrogens with zero attached hydrogens (tertiary/aromatic N) is 1. The Labute approximate surface area is 114 Å². The molecule has 1 rings (SSSR count). The van der Waals surface area contributed by atoms with E-state index < -0.39 is 5.41 Å². The highest BCUT2D eigenvalue weighted by Crippen LogP contribution is 2.16. The van der Waals surface area contributed by atoms with Crippen molar-refractivity contribution in [3.05, 3.63) is 29.8 Å². The maximum Gasteiger partial charge on any atom is 0.253 e. The highest BCUT2D eigenvalue weighted by atomic mass is 16.1. The van der Waals surface area contributed by atoms with E-state index in [2.05, 4.69) is 23.6 Å². The van der Waals surface area contributed by atoms with E-state index in [-0.39, 0.29) is 5.91 Å². The first-order valence-electron chi connectivity index (χ1n) is 6.52. The van der Waals surface area contributed by atoms with Gasteiger partial charge in [0.05, 0.1) is 17.0 Å². The first kappa shape index (κ1) is 15.0. The van der Waals surface area contributed by atoms with Crippen LogP contribution in [0.1, 0.15) is 37.6 Å². The van der Waals surface area contributed by atoms with E-state index in [9.17, 15) is 4.79 Å². The van der Waals surface area contributed by atoms with Crippen LogP contribution in [0, 0.1) is 16.7 Å². The number of amides is 1. The molecule has 1 amide bonds. The van der Waals surface area contributed by atoms with Gasteiger partial charge >= 0.3 is 0 Å². The van der Waals surface area contributed by atoms with Gasteiger partial charge in [-0.15, -0.1) is 0 Å². The summed E-state index contributed by atoms with van der Waals surface area (Å²) in [6.45, 7) is 6.84. The molecular weight excluding hydrogens is 238 g/mol. The zero-order valence-corrected chi connectivity index (χ0v) is 11.8. The third-order valence-corrected chi connectivity index (χ3v) is 2.73. The molecule has 0 spiro atoms. The van der Waals surface area contributed by atoms with Crippen LogP contribution in [0.15, 0.2) is 24.3 Å². The summed E-state index contributed by atoms with van der Waals surface area (Å²) in [5.74, 6) is -0.150. The average molecular weight is 259 g/mol.